The summed E-state index contributed by atoms with van der Waals surface area (Å²) in [6, 6.07) is 12.1. The van der Waals surface area contributed by atoms with Gasteiger partial charge in [-0.15, -0.1) is 0 Å². The molecule has 0 saturated heterocycles. The largest absolute Gasteiger partial charge is 0.325 e. The zero-order valence-corrected chi connectivity index (χ0v) is 15.7. The number of nitrogens with one attached hydrogen (secondary N) is 1. The lowest BCUT2D eigenvalue weighted by molar-refractivity contribution is -0.113. The van der Waals surface area contributed by atoms with E-state index in [1.165, 1.54) is 16.7 Å². The Balaban J connectivity index is 1.48. The molecule has 5 nitrogen and oxygen atoms in total. The number of rotatable bonds is 6. The van der Waals surface area contributed by atoms with Crippen molar-refractivity contribution in [2.75, 3.05) is 23.4 Å². The number of amides is 3. The first kappa shape index (κ1) is 18.5. The summed E-state index contributed by atoms with van der Waals surface area (Å²) in [6.45, 7) is 2.12. The van der Waals surface area contributed by atoms with Crippen LogP contribution in [-0.4, -0.2) is 40.7 Å². The third-order valence-electron chi connectivity index (χ3n) is 4.11. The van der Waals surface area contributed by atoms with Crippen molar-refractivity contribution in [3.63, 3.8) is 0 Å². The van der Waals surface area contributed by atoms with E-state index < -0.39 is 0 Å². The minimum atomic E-state index is -0.273. The van der Waals surface area contributed by atoms with Crippen molar-refractivity contribution in [1.29, 1.82) is 0 Å². The molecule has 0 aliphatic carbocycles. The summed E-state index contributed by atoms with van der Waals surface area (Å²) >= 11 is 7.41. The second kappa shape index (κ2) is 7.93. The number of hydrogen-bond acceptors (Lipinski definition) is 4. The molecule has 3 rings (SSSR count). The number of fused-ring (bicyclic) bond motifs is 1. The topological polar surface area (TPSA) is 66.5 Å². The summed E-state index contributed by atoms with van der Waals surface area (Å²) in [5.41, 5.74) is 2.38. The molecule has 0 unspecified atom stereocenters. The van der Waals surface area contributed by atoms with E-state index in [1.807, 2.05) is 6.92 Å². The molecular formula is C19H17ClN2O3S. The van der Waals surface area contributed by atoms with Gasteiger partial charge in [0.25, 0.3) is 11.8 Å². The van der Waals surface area contributed by atoms with Crippen LogP contribution in [0.15, 0.2) is 42.5 Å². The highest BCUT2D eigenvalue weighted by Crippen LogP contribution is 2.24. The molecule has 0 atom stereocenters. The second-order valence-electron chi connectivity index (χ2n) is 5.82. The van der Waals surface area contributed by atoms with Crippen molar-refractivity contribution in [1.82, 2.24) is 4.90 Å². The fourth-order valence-electron chi connectivity index (χ4n) is 2.69. The molecular weight excluding hydrogens is 372 g/mol. The Labute approximate surface area is 160 Å². The molecule has 0 radical (unpaired) electrons. The van der Waals surface area contributed by atoms with E-state index in [-0.39, 0.29) is 30.0 Å². The quantitative estimate of drug-likeness (QED) is 0.606. The summed E-state index contributed by atoms with van der Waals surface area (Å²) in [6.07, 6.45) is 0. The first-order valence-corrected chi connectivity index (χ1v) is 9.60. The van der Waals surface area contributed by atoms with Crippen LogP contribution in [0.1, 0.15) is 26.3 Å². The number of benzene rings is 2. The lowest BCUT2D eigenvalue weighted by Gasteiger charge is -2.13. The maximum Gasteiger partial charge on any atom is 0.261 e. The molecule has 0 aromatic heterocycles. The van der Waals surface area contributed by atoms with Crippen LogP contribution in [0.4, 0.5) is 5.69 Å². The number of hydrogen-bond donors (Lipinski definition) is 1. The van der Waals surface area contributed by atoms with Gasteiger partial charge < -0.3 is 5.32 Å². The van der Waals surface area contributed by atoms with Gasteiger partial charge in [-0.2, -0.15) is 11.8 Å². The zero-order chi connectivity index (χ0) is 18.7. The van der Waals surface area contributed by atoms with Gasteiger partial charge in [-0.1, -0.05) is 29.8 Å². The highest BCUT2D eigenvalue weighted by Gasteiger charge is 2.34. The lowest BCUT2D eigenvalue weighted by Crippen LogP contribution is -2.32. The standard InChI is InChI=1S/C19H17ClN2O3S/c1-12-15(20)7-4-8-16(12)21-17(23)11-26-10-9-22-18(24)13-5-2-3-6-14(13)19(22)25/h2-8H,9-11H2,1H3,(H,21,23). The van der Waals surface area contributed by atoms with Crippen molar-refractivity contribution in [2.45, 2.75) is 6.92 Å². The Morgan fingerprint density at radius 3 is 2.38 bits per heavy atom. The molecule has 1 N–H and O–H groups in total. The number of nitrogens with zero attached hydrogens (tertiary/aromatic N) is 1. The van der Waals surface area contributed by atoms with E-state index in [0.717, 1.165) is 5.56 Å². The van der Waals surface area contributed by atoms with Crippen molar-refractivity contribution >= 4 is 46.8 Å². The van der Waals surface area contributed by atoms with Crippen LogP contribution in [0.2, 0.25) is 5.02 Å². The number of halogens is 1. The number of carbonyl (C=O) groups excluding carboxylic acids is 3. The Kier molecular flexibility index (Phi) is 5.64. The average molecular weight is 389 g/mol. The summed E-state index contributed by atoms with van der Waals surface area (Å²) in [4.78, 5) is 37.8. The van der Waals surface area contributed by atoms with Gasteiger partial charge in [0.15, 0.2) is 0 Å². The van der Waals surface area contributed by atoms with Gasteiger partial charge in [0.1, 0.15) is 0 Å². The predicted molar refractivity (Wildman–Crippen MR) is 104 cm³/mol. The van der Waals surface area contributed by atoms with Crippen LogP contribution in [0.25, 0.3) is 0 Å². The fraction of sp³-hybridized carbons (Fsp3) is 0.211. The van der Waals surface area contributed by atoms with Crippen molar-refractivity contribution in [3.8, 4) is 0 Å². The number of thioether (sulfide) groups is 1. The van der Waals surface area contributed by atoms with E-state index in [0.29, 0.717) is 27.6 Å². The highest BCUT2D eigenvalue weighted by molar-refractivity contribution is 7.99. The van der Waals surface area contributed by atoms with Crippen LogP contribution in [0, 0.1) is 6.92 Å². The third-order valence-corrected chi connectivity index (χ3v) is 5.46. The van der Waals surface area contributed by atoms with Crippen LogP contribution in [0.5, 0.6) is 0 Å². The van der Waals surface area contributed by atoms with Gasteiger partial charge in [-0.3, -0.25) is 19.3 Å². The summed E-state index contributed by atoms with van der Waals surface area (Å²) in [5, 5.41) is 3.42. The van der Waals surface area contributed by atoms with Crippen molar-refractivity contribution in [2.24, 2.45) is 0 Å². The van der Waals surface area contributed by atoms with Gasteiger partial charge in [-0.25, -0.2) is 0 Å². The molecule has 1 aliphatic rings. The predicted octanol–water partition coefficient (Wildman–Crippen LogP) is 3.62. The molecule has 2 aromatic carbocycles. The number of imide groups is 1. The van der Waals surface area contributed by atoms with Crippen LogP contribution in [-0.2, 0) is 4.79 Å². The summed E-state index contributed by atoms with van der Waals surface area (Å²) < 4.78 is 0. The zero-order valence-electron chi connectivity index (χ0n) is 14.1. The molecule has 0 fully saturated rings. The van der Waals surface area contributed by atoms with E-state index in [1.54, 1.807) is 42.5 Å². The number of carbonyl (C=O) groups is 3. The van der Waals surface area contributed by atoms with E-state index >= 15 is 0 Å². The molecule has 134 valence electrons. The average Bonchev–Trinajstić information content (AvgIpc) is 2.87. The Morgan fingerprint density at radius 1 is 1.08 bits per heavy atom. The van der Waals surface area contributed by atoms with Crippen molar-refractivity contribution < 1.29 is 14.4 Å². The molecule has 26 heavy (non-hydrogen) atoms. The summed E-state index contributed by atoms with van der Waals surface area (Å²) in [5.74, 6) is 0.0286. The maximum atomic E-state index is 12.2. The monoisotopic (exact) mass is 388 g/mol. The molecule has 1 aliphatic heterocycles. The second-order valence-corrected chi connectivity index (χ2v) is 7.33. The molecule has 2 aromatic rings. The van der Waals surface area contributed by atoms with Gasteiger partial charge in [0.2, 0.25) is 5.91 Å². The first-order chi connectivity index (χ1) is 12.5. The minimum Gasteiger partial charge on any atom is -0.325 e. The Hall–Kier alpha value is -2.31. The first-order valence-electron chi connectivity index (χ1n) is 8.07. The number of anilines is 1. The lowest BCUT2D eigenvalue weighted by atomic mass is 10.1. The minimum absolute atomic E-state index is 0.150. The molecule has 3 amide bonds. The van der Waals surface area contributed by atoms with Gasteiger partial charge in [0, 0.05) is 23.0 Å². The van der Waals surface area contributed by atoms with E-state index in [2.05, 4.69) is 5.32 Å². The van der Waals surface area contributed by atoms with Crippen LogP contribution < -0.4 is 5.32 Å². The van der Waals surface area contributed by atoms with Crippen LogP contribution >= 0.6 is 23.4 Å². The molecule has 1 heterocycles. The highest BCUT2D eigenvalue weighted by atomic mass is 35.5. The van der Waals surface area contributed by atoms with Gasteiger partial charge in [-0.05, 0) is 36.8 Å². The smallest absolute Gasteiger partial charge is 0.261 e. The third kappa shape index (κ3) is 3.76. The van der Waals surface area contributed by atoms with Gasteiger partial charge >= 0.3 is 0 Å². The normalized spacial score (nSPS) is 13.1. The molecule has 0 spiro atoms. The van der Waals surface area contributed by atoms with Crippen LogP contribution in [0.3, 0.4) is 0 Å². The van der Waals surface area contributed by atoms with E-state index in [9.17, 15) is 14.4 Å². The molecule has 0 saturated carbocycles. The Morgan fingerprint density at radius 2 is 1.73 bits per heavy atom. The Bertz CT molecular complexity index is 850. The van der Waals surface area contributed by atoms with Gasteiger partial charge in [0.05, 0.1) is 16.9 Å². The fourth-order valence-corrected chi connectivity index (χ4v) is 3.58. The maximum absolute atomic E-state index is 12.2. The van der Waals surface area contributed by atoms with E-state index in [4.69, 9.17) is 11.6 Å². The molecule has 7 heteroatoms. The summed E-state index contributed by atoms with van der Waals surface area (Å²) in [7, 11) is 0. The van der Waals surface area contributed by atoms with Crippen molar-refractivity contribution in [3.05, 3.63) is 64.2 Å². The SMILES string of the molecule is Cc1c(Cl)cccc1NC(=O)CSCCN1C(=O)c2ccccc2C1=O. The molecule has 0 bridgehead atoms.